The number of nitro benzene ring substituents is 1. The Morgan fingerprint density at radius 3 is 2.58 bits per heavy atom. The minimum Gasteiger partial charge on any atom is -0.312 e. The topological polar surface area (TPSA) is 94.6 Å². The zero-order valence-electron chi connectivity index (χ0n) is 13.2. The lowest BCUT2D eigenvalue weighted by Gasteiger charge is -2.02. The average molecular weight is 410 g/mol. The molecule has 26 heavy (non-hydrogen) atoms. The maximum Gasteiger partial charge on any atom is 0.285 e. The van der Waals surface area contributed by atoms with Gasteiger partial charge in [0.25, 0.3) is 15.7 Å². The van der Waals surface area contributed by atoms with Gasteiger partial charge in [0.2, 0.25) is 4.80 Å². The van der Waals surface area contributed by atoms with Gasteiger partial charge in [-0.05, 0) is 30.3 Å². The molecule has 10 heteroatoms. The smallest absolute Gasteiger partial charge is 0.285 e. The van der Waals surface area contributed by atoms with Crippen LogP contribution in [0.5, 0.6) is 0 Å². The van der Waals surface area contributed by atoms with Crippen LogP contribution >= 0.6 is 22.9 Å². The molecule has 0 amide bonds. The fraction of sp³-hybridized carbons (Fsp3) is 0.0625. The summed E-state index contributed by atoms with van der Waals surface area (Å²) in [5.41, 5.74) is 0.571. The van der Waals surface area contributed by atoms with Gasteiger partial charge in [0.1, 0.15) is 0 Å². The van der Waals surface area contributed by atoms with Crippen LogP contribution in [0.1, 0.15) is 0 Å². The van der Waals surface area contributed by atoms with Crippen molar-refractivity contribution in [2.24, 2.45) is 4.40 Å². The van der Waals surface area contributed by atoms with Gasteiger partial charge < -0.3 is 4.57 Å². The van der Waals surface area contributed by atoms with Crippen LogP contribution in [0.4, 0.5) is 5.69 Å². The second kappa shape index (κ2) is 7.02. The van der Waals surface area contributed by atoms with Crippen molar-refractivity contribution in [3.63, 3.8) is 0 Å². The van der Waals surface area contributed by atoms with Crippen LogP contribution in [-0.4, -0.2) is 17.9 Å². The van der Waals surface area contributed by atoms with Crippen LogP contribution in [0, 0.1) is 10.1 Å². The highest BCUT2D eigenvalue weighted by molar-refractivity contribution is 7.90. The van der Waals surface area contributed by atoms with E-state index in [2.05, 4.69) is 11.0 Å². The summed E-state index contributed by atoms with van der Waals surface area (Å²) in [6.07, 6.45) is 1.60. The molecule has 0 unspecified atom stereocenters. The lowest BCUT2D eigenvalue weighted by atomic mass is 10.3. The summed E-state index contributed by atoms with van der Waals surface area (Å²) >= 11 is 6.85. The number of sulfonamides is 1. The van der Waals surface area contributed by atoms with Crippen LogP contribution in [0.2, 0.25) is 5.02 Å². The summed E-state index contributed by atoms with van der Waals surface area (Å²) in [6, 6.07) is 10.0. The Kier molecular flexibility index (Phi) is 4.94. The second-order valence-corrected chi connectivity index (χ2v) is 8.26. The Morgan fingerprint density at radius 2 is 1.96 bits per heavy atom. The van der Waals surface area contributed by atoms with Crippen LogP contribution in [-0.2, 0) is 16.6 Å². The van der Waals surface area contributed by atoms with Crippen molar-refractivity contribution in [2.45, 2.75) is 11.4 Å². The number of hydrogen-bond donors (Lipinski definition) is 0. The molecule has 0 N–H and O–H groups in total. The summed E-state index contributed by atoms with van der Waals surface area (Å²) < 4.78 is 31.3. The Labute approximate surface area is 157 Å². The monoisotopic (exact) mass is 409 g/mol. The van der Waals surface area contributed by atoms with Gasteiger partial charge in [-0.1, -0.05) is 29.0 Å². The number of rotatable bonds is 5. The van der Waals surface area contributed by atoms with E-state index in [1.807, 2.05) is 0 Å². The molecule has 134 valence electrons. The number of benzene rings is 2. The van der Waals surface area contributed by atoms with E-state index in [0.29, 0.717) is 21.8 Å². The summed E-state index contributed by atoms with van der Waals surface area (Å²) in [4.78, 5) is 10.7. The fourth-order valence-corrected chi connectivity index (χ4v) is 4.71. The maximum atomic E-state index is 12.6. The zero-order chi connectivity index (χ0) is 18.9. The minimum atomic E-state index is -3.96. The van der Waals surface area contributed by atoms with Gasteiger partial charge in [0.05, 0.1) is 20.0 Å². The van der Waals surface area contributed by atoms with Crippen LogP contribution in [0.15, 0.2) is 64.4 Å². The Bertz CT molecular complexity index is 1180. The van der Waals surface area contributed by atoms with E-state index in [4.69, 9.17) is 11.6 Å². The third-order valence-electron chi connectivity index (χ3n) is 3.50. The normalized spacial score (nSPS) is 12.4. The first-order chi connectivity index (χ1) is 12.3. The van der Waals surface area contributed by atoms with Gasteiger partial charge in [-0.25, -0.2) is 0 Å². The number of hydrogen-bond acceptors (Lipinski definition) is 5. The number of allylic oxidation sites excluding steroid dienone is 1. The van der Waals surface area contributed by atoms with Gasteiger partial charge in [0, 0.05) is 23.7 Å². The number of fused-ring (bicyclic) bond motifs is 1. The molecule has 0 bridgehead atoms. The first-order valence-electron chi connectivity index (χ1n) is 7.27. The first-order valence-corrected chi connectivity index (χ1v) is 9.90. The van der Waals surface area contributed by atoms with Crippen LogP contribution in [0.25, 0.3) is 10.2 Å². The van der Waals surface area contributed by atoms with E-state index in [1.165, 1.54) is 36.4 Å². The fourth-order valence-electron chi connectivity index (χ4n) is 2.31. The van der Waals surface area contributed by atoms with E-state index in [-0.39, 0.29) is 15.4 Å². The van der Waals surface area contributed by atoms with Crippen molar-refractivity contribution < 1.29 is 13.3 Å². The third kappa shape index (κ3) is 3.55. The van der Waals surface area contributed by atoms with Crippen molar-refractivity contribution in [3.05, 3.63) is 75.1 Å². The van der Waals surface area contributed by atoms with Gasteiger partial charge in [-0.2, -0.15) is 8.42 Å². The first kappa shape index (κ1) is 18.3. The highest BCUT2D eigenvalue weighted by Crippen LogP contribution is 2.24. The SMILES string of the molecule is C=CCn1c(=NS(=O)(=O)c2ccc(Cl)cc2)sc2cc([N+](=O)[O-])ccc21. The Balaban J connectivity index is 2.23. The summed E-state index contributed by atoms with van der Waals surface area (Å²) in [7, 11) is -3.96. The molecule has 7 nitrogen and oxygen atoms in total. The number of halogens is 1. The molecule has 3 rings (SSSR count). The predicted molar refractivity (Wildman–Crippen MR) is 101 cm³/mol. The van der Waals surface area contributed by atoms with E-state index in [1.54, 1.807) is 16.7 Å². The summed E-state index contributed by atoms with van der Waals surface area (Å²) in [5, 5.41) is 11.4. The van der Waals surface area contributed by atoms with E-state index >= 15 is 0 Å². The van der Waals surface area contributed by atoms with Crippen molar-refractivity contribution >= 4 is 48.9 Å². The molecule has 0 aliphatic heterocycles. The molecule has 2 aromatic carbocycles. The Morgan fingerprint density at radius 1 is 1.27 bits per heavy atom. The molecule has 0 saturated carbocycles. The molecule has 0 fully saturated rings. The van der Waals surface area contributed by atoms with Crippen molar-refractivity contribution in [2.75, 3.05) is 0 Å². The Hall–Kier alpha value is -2.49. The molecule has 1 aromatic heterocycles. The van der Waals surface area contributed by atoms with Gasteiger partial charge >= 0.3 is 0 Å². The van der Waals surface area contributed by atoms with Crippen LogP contribution in [0.3, 0.4) is 0 Å². The zero-order valence-corrected chi connectivity index (χ0v) is 15.6. The molecule has 0 aliphatic rings. The van der Waals surface area contributed by atoms with Gasteiger partial charge in [-0.3, -0.25) is 10.1 Å². The lowest BCUT2D eigenvalue weighted by Crippen LogP contribution is -2.16. The highest BCUT2D eigenvalue weighted by Gasteiger charge is 2.16. The van der Waals surface area contributed by atoms with E-state index in [9.17, 15) is 18.5 Å². The minimum absolute atomic E-state index is 0.00971. The van der Waals surface area contributed by atoms with Crippen molar-refractivity contribution in [1.29, 1.82) is 0 Å². The highest BCUT2D eigenvalue weighted by atomic mass is 35.5. The van der Waals surface area contributed by atoms with Gasteiger partial charge in [-0.15, -0.1) is 11.0 Å². The molecular weight excluding hydrogens is 398 g/mol. The number of thiazole rings is 1. The van der Waals surface area contributed by atoms with Crippen molar-refractivity contribution in [3.8, 4) is 0 Å². The van der Waals surface area contributed by atoms with E-state index in [0.717, 1.165) is 11.3 Å². The molecule has 0 atom stereocenters. The number of non-ortho nitro benzene ring substituents is 1. The summed E-state index contributed by atoms with van der Waals surface area (Å²) in [6.45, 7) is 3.98. The largest absolute Gasteiger partial charge is 0.312 e. The number of nitrogens with zero attached hydrogens (tertiary/aromatic N) is 3. The molecule has 0 spiro atoms. The van der Waals surface area contributed by atoms with Crippen molar-refractivity contribution in [1.82, 2.24) is 4.57 Å². The molecule has 3 aromatic rings. The van der Waals surface area contributed by atoms with Crippen LogP contribution < -0.4 is 4.80 Å². The van der Waals surface area contributed by atoms with Gasteiger partial charge in [0.15, 0.2) is 0 Å². The van der Waals surface area contributed by atoms with E-state index < -0.39 is 14.9 Å². The third-order valence-corrected chi connectivity index (χ3v) is 6.19. The average Bonchev–Trinajstić information content (AvgIpc) is 2.91. The quantitative estimate of drug-likeness (QED) is 0.364. The number of nitro groups is 1. The molecule has 1 heterocycles. The summed E-state index contributed by atoms with van der Waals surface area (Å²) in [5.74, 6) is 0. The maximum absolute atomic E-state index is 12.6. The number of aromatic nitrogens is 1. The second-order valence-electron chi connectivity index (χ2n) is 5.21. The molecule has 0 saturated heterocycles. The molecular formula is C16H12ClN3O4S2. The molecule has 0 radical (unpaired) electrons. The predicted octanol–water partition coefficient (Wildman–Crippen LogP) is 3.74. The lowest BCUT2D eigenvalue weighted by molar-refractivity contribution is -0.384. The standard InChI is InChI=1S/C16H12ClN3O4S2/c1-2-9-19-14-8-5-12(20(21)22)10-15(14)25-16(19)18-26(23,24)13-6-3-11(17)4-7-13/h2-8,10H,1,9H2. The molecule has 0 aliphatic carbocycles.